The van der Waals surface area contributed by atoms with E-state index in [-0.39, 0.29) is 41.6 Å². The Bertz CT molecular complexity index is 1940. The summed E-state index contributed by atoms with van der Waals surface area (Å²) in [4.78, 5) is 58.0. The fourth-order valence-electron chi connectivity index (χ4n) is 5.13. The van der Waals surface area contributed by atoms with Crippen molar-refractivity contribution < 1.29 is 5.11 Å². The molecule has 3 heterocycles. The monoisotopic (exact) mass is 589 g/mol. The second-order valence-electron chi connectivity index (χ2n) is 9.55. The minimum atomic E-state index is -1.01. The fourth-order valence-corrected chi connectivity index (χ4v) is 5.52. The Morgan fingerprint density at radius 3 is 1.54 bits per heavy atom. The van der Waals surface area contributed by atoms with Crippen LogP contribution in [-0.2, 0) is 13.1 Å². The molecule has 0 saturated carbocycles. The first-order chi connectivity index (χ1) is 19.7. The van der Waals surface area contributed by atoms with Gasteiger partial charge in [-0.2, -0.15) is 0 Å². The maximum atomic E-state index is 13.4. The maximum Gasteiger partial charge on any atom is 0.330 e. The molecule has 0 atom stereocenters. The van der Waals surface area contributed by atoms with Crippen LogP contribution in [0.1, 0.15) is 33.7 Å². The minimum absolute atomic E-state index is 0.0137. The second kappa shape index (κ2) is 10.3. The van der Waals surface area contributed by atoms with Crippen molar-refractivity contribution >= 4 is 34.8 Å². The summed E-state index contributed by atoms with van der Waals surface area (Å²) in [6, 6.07) is 19.9. The van der Waals surface area contributed by atoms with Crippen LogP contribution in [0.4, 0.5) is 11.6 Å². The predicted molar refractivity (Wildman–Crippen MR) is 156 cm³/mol. The maximum absolute atomic E-state index is 13.4. The summed E-state index contributed by atoms with van der Waals surface area (Å²) in [7, 11) is 0. The number of hydrogen-bond donors (Lipinski definition) is 4. The summed E-state index contributed by atoms with van der Waals surface area (Å²) >= 11 is 12.8. The number of aromatic hydroxyl groups is 1. The van der Waals surface area contributed by atoms with E-state index in [2.05, 4.69) is 15.3 Å². The van der Waals surface area contributed by atoms with E-state index < -0.39 is 28.4 Å². The highest BCUT2D eigenvalue weighted by Gasteiger charge is 2.36. The number of fused-ring (bicyclic) bond motifs is 2. The van der Waals surface area contributed by atoms with E-state index in [1.54, 1.807) is 60.7 Å². The SMILES string of the molecule is O=c1[nH]c(=O)n(Cc2ccccc2Cl)c2c1C(c1ccc(O)cc1)c1c(n(Cc3ccccc3Cl)c(=O)[nH]c1=O)N2. The molecule has 4 N–H and O–H groups in total. The van der Waals surface area contributed by atoms with Gasteiger partial charge in [-0.1, -0.05) is 71.7 Å². The fraction of sp³-hybridized carbons (Fsp3) is 0.103. The molecule has 1 aliphatic rings. The predicted octanol–water partition coefficient (Wildman–Crippen LogP) is 3.73. The zero-order valence-electron chi connectivity index (χ0n) is 21.2. The van der Waals surface area contributed by atoms with Gasteiger partial charge < -0.3 is 10.4 Å². The van der Waals surface area contributed by atoms with Crippen molar-refractivity contribution in [3.63, 3.8) is 0 Å². The number of halogens is 2. The molecule has 0 saturated heterocycles. The van der Waals surface area contributed by atoms with Crippen molar-refractivity contribution in [2.75, 3.05) is 5.32 Å². The lowest BCUT2D eigenvalue weighted by molar-refractivity contribution is 0.475. The standard InChI is InChI=1S/C29H21Cl2N5O5/c30-19-7-3-1-5-16(19)13-35-24-22(26(38)33-28(35)40)21(15-9-11-18(37)12-10-15)23-25(32-24)36(29(41)34-27(23)39)14-17-6-2-4-8-20(17)31/h1-12,21,32,37H,13-14H2,(H,33,38,40)(H,34,39,41). The van der Waals surface area contributed by atoms with Crippen molar-refractivity contribution in [2.24, 2.45) is 0 Å². The molecule has 1 aliphatic heterocycles. The number of H-pyrrole nitrogens is 2. The van der Waals surface area contributed by atoms with Gasteiger partial charge in [0, 0.05) is 10.0 Å². The van der Waals surface area contributed by atoms with E-state index in [1.807, 2.05) is 0 Å². The number of nitrogens with zero attached hydrogens (tertiary/aromatic N) is 2. The van der Waals surface area contributed by atoms with Crippen LogP contribution < -0.4 is 27.8 Å². The summed E-state index contributed by atoms with van der Waals surface area (Å²) < 4.78 is 2.61. The highest BCUT2D eigenvalue weighted by Crippen LogP contribution is 2.41. The Morgan fingerprint density at radius 1 is 0.659 bits per heavy atom. The Kier molecular flexibility index (Phi) is 6.64. The van der Waals surface area contributed by atoms with Gasteiger partial charge in [0.15, 0.2) is 0 Å². The number of aromatic amines is 2. The molecule has 6 rings (SSSR count). The average Bonchev–Trinajstić information content (AvgIpc) is 2.94. The first-order valence-electron chi connectivity index (χ1n) is 12.5. The summed E-state index contributed by atoms with van der Waals surface area (Å²) in [5.74, 6) is -0.826. The second-order valence-corrected chi connectivity index (χ2v) is 10.4. The highest BCUT2D eigenvalue weighted by atomic mass is 35.5. The van der Waals surface area contributed by atoms with E-state index in [9.17, 15) is 24.3 Å². The van der Waals surface area contributed by atoms with Gasteiger partial charge in [-0.15, -0.1) is 0 Å². The molecule has 2 aromatic heterocycles. The topological polar surface area (TPSA) is 142 Å². The lowest BCUT2D eigenvalue weighted by Gasteiger charge is -2.31. The van der Waals surface area contributed by atoms with Crippen LogP contribution in [0, 0.1) is 0 Å². The third-order valence-corrected chi connectivity index (χ3v) is 7.82. The average molecular weight is 590 g/mol. The van der Waals surface area contributed by atoms with E-state index in [4.69, 9.17) is 23.2 Å². The van der Waals surface area contributed by atoms with Crippen LogP contribution in [0.2, 0.25) is 10.0 Å². The Balaban J connectivity index is 1.66. The molecule has 0 bridgehead atoms. The van der Waals surface area contributed by atoms with Gasteiger partial charge in [-0.25, -0.2) is 9.59 Å². The van der Waals surface area contributed by atoms with Crippen molar-refractivity contribution in [3.05, 3.63) is 152 Å². The van der Waals surface area contributed by atoms with Gasteiger partial charge in [0.05, 0.1) is 30.1 Å². The van der Waals surface area contributed by atoms with Crippen molar-refractivity contribution in [1.82, 2.24) is 19.1 Å². The molecule has 0 fully saturated rings. The Morgan fingerprint density at radius 2 is 1.10 bits per heavy atom. The van der Waals surface area contributed by atoms with Crippen molar-refractivity contribution in [3.8, 4) is 5.75 Å². The van der Waals surface area contributed by atoms with Gasteiger partial charge in [-0.3, -0.25) is 28.7 Å². The van der Waals surface area contributed by atoms with Crippen molar-refractivity contribution in [1.29, 1.82) is 0 Å². The normalized spacial score (nSPS) is 12.4. The lowest BCUT2D eigenvalue weighted by atomic mass is 9.84. The smallest absolute Gasteiger partial charge is 0.330 e. The number of phenolic OH excluding ortho intramolecular Hbond substituents is 1. The molecular weight excluding hydrogens is 569 g/mol. The number of hydrogen-bond acceptors (Lipinski definition) is 6. The van der Waals surface area contributed by atoms with Crippen LogP contribution in [0.25, 0.3) is 0 Å². The summed E-state index contributed by atoms with van der Waals surface area (Å²) in [6.45, 7) is -0.0274. The molecule has 0 unspecified atom stereocenters. The van der Waals surface area contributed by atoms with Crippen LogP contribution in [0.15, 0.2) is 92.0 Å². The molecule has 41 heavy (non-hydrogen) atoms. The van der Waals surface area contributed by atoms with Gasteiger partial charge >= 0.3 is 11.4 Å². The molecule has 5 aromatic rings. The highest BCUT2D eigenvalue weighted by molar-refractivity contribution is 6.31. The summed E-state index contributed by atoms with van der Waals surface area (Å²) in [6.07, 6.45) is 0. The number of benzene rings is 3. The Labute approximate surface area is 241 Å². The van der Waals surface area contributed by atoms with Gasteiger partial charge in [0.1, 0.15) is 17.4 Å². The summed E-state index contributed by atoms with van der Waals surface area (Å²) in [5, 5.41) is 13.8. The van der Waals surface area contributed by atoms with Gasteiger partial charge in [-0.05, 0) is 41.0 Å². The number of phenols is 1. The van der Waals surface area contributed by atoms with Crippen LogP contribution in [-0.4, -0.2) is 24.2 Å². The molecule has 0 amide bonds. The minimum Gasteiger partial charge on any atom is -0.508 e. The molecule has 0 spiro atoms. The zero-order chi connectivity index (χ0) is 28.8. The molecular formula is C29H21Cl2N5O5. The molecule has 12 heteroatoms. The third-order valence-electron chi connectivity index (χ3n) is 7.08. The zero-order valence-corrected chi connectivity index (χ0v) is 22.7. The van der Waals surface area contributed by atoms with Crippen LogP contribution in [0.3, 0.4) is 0 Å². The quantitative estimate of drug-likeness (QED) is 0.241. The molecule has 10 nitrogen and oxygen atoms in total. The summed E-state index contributed by atoms with van der Waals surface area (Å²) in [5.41, 5.74) is -0.963. The first-order valence-corrected chi connectivity index (χ1v) is 13.3. The number of aromatic nitrogens is 4. The largest absolute Gasteiger partial charge is 0.508 e. The molecule has 0 aliphatic carbocycles. The number of nitrogens with one attached hydrogen (secondary N) is 3. The molecule has 0 radical (unpaired) electrons. The van der Waals surface area contributed by atoms with Crippen LogP contribution in [0.5, 0.6) is 5.75 Å². The van der Waals surface area contributed by atoms with Crippen LogP contribution >= 0.6 is 23.2 Å². The van der Waals surface area contributed by atoms with Gasteiger partial charge in [0.2, 0.25) is 0 Å². The number of anilines is 2. The molecule has 206 valence electrons. The Hall–Kier alpha value is -4.80. The van der Waals surface area contributed by atoms with Gasteiger partial charge in [0.25, 0.3) is 11.1 Å². The number of rotatable bonds is 5. The lowest BCUT2D eigenvalue weighted by Crippen LogP contribution is -2.43. The van der Waals surface area contributed by atoms with E-state index in [0.29, 0.717) is 26.7 Å². The van der Waals surface area contributed by atoms with E-state index in [0.717, 1.165) is 0 Å². The van der Waals surface area contributed by atoms with Crippen molar-refractivity contribution in [2.45, 2.75) is 19.0 Å². The molecule has 3 aromatic carbocycles. The first kappa shape index (κ1) is 26.4. The van der Waals surface area contributed by atoms with E-state index >= 15 is 0 Å². The third kappa shape index (κ3) is 4.66. The van der Waals surface area contributed by atoms with E-state index in [1.165, 1.54) is 21.3 Å².